The van der Waals surface area contributed by atoms with Crippen molar-refractivity contribution in [2.45, 2.75) is 18.6 Å². The summed E-state index contributed by atoms with van der Waals surface area (Å²) in [5.74, 6) is 0.801. The van der Waals surface area contributed by atoms with Crippen LogP contribution in [0.3, 0.4) is 0 Å². The first-order valence-electron chi connectivity index (χ1n) is 9.96. The number of methoxy groups -OCH3 is 1. The third-order valence-electron chi connectivity index (χ3n) is 5.44. The van der Waals surface area contributed by atoms with Crippen LogP contribution in [0.2, 0.25) is 0 Å². The van der Waals surface area contributed by atoms with Gasteiger partial charge >= 0.3 is 6.03 Å². The zero-order chi connectivity index (χ0) is 20.1. The summed E-state index contributed by atoms with van der Waals surface area (Å²) in [4.78, 5) is 14.6. The van der Waals surface area contributed by atoms with Crippen LogP contribution >= 0.6 is 0 Å². The number of piperazine rings is 1. The second kappa shape index (κ2) is 8.82. The number of nitrogens with zero attached hydrogens (tertiary/aromatic N) is 1. The fourth-order valence-corrected chi connectivity index (χ4v) is 3.77. The average molecular weight is 396 g/mol. The summed E-state index contributed by atoms with van der Waals surface area (Å²) in [7, 11) is 1.63. The van der Waals surface area contributed by atoms with E-state index in [0.717, 1.165) is 56.4 Å². The maximum absolute atomic E-state index is 12.1. The lowest BCUT2D eigenvalue weighted by molar-refractivity contribution is -0.101. The van der Waals surface area contributed by atoms with Crippen LogP contribution in [0.15, 0.2) is 48.5 Å². The molecule has 0 atom stereocenters. The summed E-state index contributed by atoms with van der Waals surface area (Å²) in [5, 5.41) is 9.33. The molecule has 2 amide bonds. The Balaban J connectivity index is 1.23. The van der Waals surface area contributed by atoms with Gasteiger partial charge in [0.2, 0.25) is 0 Å². The number of benzene rings is 2. The summed E-state index contributed by atoms with van der Waals surface area (Å²) in [6.45, 7) is 6.03. The molecular weight excluding hydrogens is 368 g/mol. The average Bonchev–Trinajstić information content (AvgIpc) is 2.73. The third-order valence-corrected chi connectivity index (χ3v) is 5.44. The normalized spacial score (nSPS) is 18.1. The monoisotopic (exact) mass is 396 g/mol. The molecule has 0 bridgehead atoms. The maximum atomic E-state index is 12.1. The molecule has 2 fully saturated rings. The molecule has 2 aliphatic heterocycles. The Morgan fingerprint density at radius 3 is 2.52 bits per heavy atom. The zero-order valence-electron chi connectivity index (χ0n) is 16.7. The molecule has 7 nitrogen and oxygen atoms in total. The van der Waals surface area contributed by atoms with Crippen LogP contribution in [-0.2, 0) is 17.8 Å². The minimum absolute atomic E-state index is 0.154. The lowest BCUT2D eigenvalue weighted by Gasteiger charge is -2.48. The molecule has 0 aliphatic carbocycles. The number of ether oxygens (including phenoxy) is 2. The molecule has 29 heavy (non-hydrogen) atoms. The summed E-state index contributed by atoms with van der Waals surface area (Å²) >= 11 is 0. The van der Waals surface area contributed by atoms with E-state index in [1.807, 2.05) is 36.4 Å². The number of hydrogen-bond donors (Lipinski definition) is 3. The topological polar surface area (TPSA) is 74.9 Å². The van der Waals surface area contributed by atoms with Crippen LogP contribution < -0.4 is 20.7 Å². The maximum Gasteiger partial charge on any atom is 0.319 e. The van der Waals surface area contributed by atoms with E-state index in [1.165, 1.54) is 5.56 Å². The predicted octanol–water partition coefficient (Wildman–Crippen LogP) is 2.19. The van der Waals surface area contributed by atoms with Gasteiger partial charge in [0.25, 0.3) is 0 Å². The lowest BCUT2D eigenvalue weighted by Crippen LogP contribution is -2.69. The lowest BCUT2D eigenvalue weighted by atomic mass is 9.94. The number of urea groups is 1. The first-order chi connectivity index (χ1) is 14.1. The number of carbonyl (C=O) groups is 1. The van der Waals surface area contributed by atoms with Crippen LogP contribution in [0.25, 0.3) is 0 Å². The Labute approximate surface area is 171 Å². The van der Waals surface area contributed by atoms with Gasteiger partial charge in [0.05, 0.1) is 25.9 Å². The van der Waals surface area contributed by atoms with Crippen molar-refractivity contribution in [3.63, 3.8) is 0 Å². The molecule has 0 aromatic heterocycles. The van der Waals surface area contributed by atoms with Gasteiger partial charge in [-0.1, -0.05) is 24.3 Å². The van der Waals surface area contributed by atoms with Gasteiger partial charge in [-0.3, -0.25) is 4.90 Å². The SMILES string of the molecule is COc1ccc(CNC(=O)Nc2ccc(CN3CCNC4(COC4)C3)cc2)cc1. The fraction of sp³-hybridized carbons (Fsp3) is 0.409. The standard InChI is InChI=1S/C22H28N4O3/c1-28-20-8-4-17(5-9-20)12-23-21(27)25-19-6-2-18(3-7-19)13-26-11-10-24-22(14-26)15-29-16-22/h2-9,24H,10-16H2,1H3,(H2,23,25,27). The second-order valence-electron chi connectivity index (χ2n) is 7.76. The van der Waals surface area contributed by atoms with Crippen molar-refractivity contribution in [1.29, 1.82) is 0 Å². The Bertz CT molecular complexity index is 819. The smallest absolute Gasteiger partial charge is 0.319 e. The van der Waals surface area contributed by atoms with E-state index in [-0.39, 0.29) is 11.6 Å². The van der Waals surface area contributed by atoms with Gasteiger partial charge in [0.15, 0.2) is 0 Å². The van der Waals surface area contributed by atoms with Gasteiger partial charge in [-0.15, -0.1) is 0 Å². The molecule has 4 rings (SSSR count). The highest BCUT2D eigenvalue weighted by Gasteiger charge is 2.41. The van der Waals surface area contributed by atoms with Gasteiger partial charge in [-0.25, -0.2) is 4.79 Å². The van der Waals surface area contributed by atoms with Crippen molar-refractivity contribution in [3.8, 4) is 5.75 Å². The van der Waals surface area contributed by atoms with Gasteiger partial charge in [0.1, 0.15) is 5.75 Å². The van der Waals surface area contributed by atoms with Crippen LogP contribution in [0, 0.1) is 0 Å². The predicted molar refractivity (Wildman–Crippen MR) is 112 cm³/mol. The van der Waals surface area contributed by atoms with Crippen molar-refractivity contribution in [3.05, 3.63) is 59.7 Å². The van der Waals surface area contributed by atoms with E-state index >= 15 is 0 Å². The number of amides is 2. The summed E-state index contributed by atoms with van der Waals surface area (Å²) < 4.78 is 10.5. The molecule has 2 heterocycles. The summed E-state index contributed by atoms with van der Waals surface area (Å²) in [6.07, 6.45) is 0. The minimum atomic E-state index is -0.220. The number of carbonyl (C=O) groups excluding carboxylic acids is 1. The van der Waals surface area contributed by atoms with Crippen molar-refractivity contribution in [2.75, 3.05) is 45.3 Å². The first-order valence-corrected chi connectivity index (χ1v) is 9.96. The van der Waals surface area contributed by atoms with E-state index < -0.39 is 0 Å². The highest BCUT2D eigenvalue weighted by atomic mass is 16.5. The van der Waals surface area contributed by atoms with E-state index in [4.69, 9.17) is 9.47 Å². The van der Waals surface area contributed by atoms with Gasteiger partial charge in [0, 0.05) is 38.4 Å². The van der Waals surface area contributed by atoms with Crippen LogP contribution in [0.5, 0.6) is 5.75 Å². The molecule has 7 heteroatoms. The van der Waals surface area contributed by atoms with Crippen molar-refractivity contribution >= 4 is 11.7 Å². The number of nitrogens with one attached hydrogen (secondary N) is 3. The van der Waals surface area contributed by atoms with E-state index in [0.29, 0.717) is 6.54 Å². The molecule has 2 saturated heterocycles. The van der Waals surface area contributed by atoms with Crippen LogP contribution in [0.4, 0.5) is 10.5 Å². The number of hydrogen-bond acceptors (Lipinski definition) is 5. The van der Waals surface area contributed by atoms with Crippen molar-refractivity contribution < 1.29 is 14.3 Å². The van der Waals surface area contributed by atoms with Gasteiger partial charge < -0.3 is 25.4 Å². The molecule has 2 aliphatic rings. The molecule has 0 saturated carbocycles. The van der Waals surface area contributed by atoms with Crippen molar-refractivity contribution in [2.24, 2.45) is 0 Å². The molecule has 1 spiro atoms. The minimum Gasteiger partial charge on any atom is -0.497 e. The summed E-state index contributed by atoms with van der Waals surface area (Å²) in [5.41, 5.74) is 3.19. The van der Waals surface area contributed by atoms with Gasteiger partial charge in [-0.2, -0.15) is 0 Å². The molecular formula is C22H28N4O3. The second-order valence-corrected chi connectivity index (χ2v) is 7.76. The largest absolute Gasteiger partial charge is 0.497 e. The molecule has 0 radical (unpaired) electrons. The van der Waals surface area contributed by atoms with E-state index in [9.17, 15) is 4.79 Å². The molecule has 2 aromatic carbocycles. The zero-order valence-corrected chi connectivity index (χ0v) is 16.7. The molecule has 154 valence electrons. The Morgan fingerprint density at radius 2 is 1.86 bits per heavy atom. The Morgan fingerprint density at radius 1 is 1.14 bits per heavy atom. The highest BCUT2D eigenvalue weighted by molar-refractivity contribution is 5.89. The molecule has 3 N–H and O–H groups in total. The molecule has 0 unspecified atom stereocenters. The fourth-order valence-electron chi connectivity index (χ4n) is 3.77. The van der Waals surface area contributed by atoms with Crippen molar-refractivity contribution in [1.82, 2.24) is 15.5 Å². The third kappa shape index (κ3) is 5.06. The summed E-state index contributed by atoms with van der Waals surface area (Å²) in [6, 6.07) is 15.5. The Kier molecular flexibility index (Phi) is 5.99. The van der Waals surface area contributed by atoms with Crippen LogP contribution in [-0.4, -0.2) is 56.4 Å². The number of anilines is 1. The van der Waals surface area contributed by atoms with E-state index in [2.05, 4.69) is 33.0 Å². The first kappa shape index (κ1) is 19.7. The number of rotatable bonds is 6. The van der Waals surface area contributed by atoms with Crippen LogP contribution in [0.1, 0.15) is 11.1 Å². The highest BCUT2D eigenvalue weighted by Crippen LogP contribution is 2.22. The van der Waals surface area contributed by atoms with Gasteiger partial charge in [-0.05, 0) is 35.4 Å². The molecule has 2 aromatic rings. The quantitative estimate of drug-likeness (QED) is 0.698. The Hall–Kier alpha value is -2.61. The van der Waals surface area contributed by atoms with E-state index in [1.54, 1.807) is 7.11 Å².